The van der Waals surface area contributed by atoms with Crippen molar-refractivity contribution in [2.24, 2.45) is 5.92 Å². The van der Waals surface area contributed by atoms with Crippen LogP contribution in [0.1, 0.15) is 39.5 Å². The predicted octanol–water partition coefficient (Wildman–Crippen LogP) is 6.65. The van der Waals surface area contributed by atoms with E-state index in [1.807, 2.05) is 54.6 Å². The molecule has 3 aromatic rings. The first kappa shape index (κ1) is 19.0. The second-order valence-corrected chi connectivity index (χ2v) is 7.23. The van der Waals surface area contributed by atoms with Crippen molar-refractivity contribution >= 4 is 28.1 Å². The van der Waals surface area contributed by atoms with Crippen LogP contribution in [-0.4, -0.2) is 5.97 Å². The van der Waals surface area contributed by atoms with Crippen LogP contribution in [-0.2, 0) is 9.63 Å². The summed E-state index contributed by atoms with van der Waals surface area (Å²) in [5.41, 5.74) is 1.71. The van der Waals surface area contributed by atoms with Gasteiger partial charge < -0.3 is 4.84 Å². The van der Waals surface area contributed by atoms with Gasteiger partial charge in [-0.05, 0) is 35.9 Å². The Bertz CT molecular complexity index is 868. The zero-order valence-electron chi connectivity index (χ0n) is 16.1. The molecule has 0 amide bonds. The monoisotopic (exact) mass is 361 g/mol. The highest BCUT2D eigenvalue weighted by molar-refractivity contribution is 5.96. The van der Waals surface area contributed by atoms with Gasteiger partial charge in [-0.3, -0.25) is 0 Å². The number of benzene rings is 3. The van der Waals surface area contributed by atoms with Crippen molar-refractivity contribution in [3.63, 3.8) is 0 Å². The standard InChI is InChI=1S/C24H27NO2/c1-19(2)11-6-9-18-24(26)27-25(21-14-4-3-5-15-21)23-17-10-13-20-12-7-8-16-22(20)23/h3-5,7-8,10,12-17,19H,6,9,11,18H2,1-2H3. The number of carbonyl (C=O) groups is 1. The number of hydrogen-bond acceptors (Lipinski definition) is 3. The molecule has 0 aliphatic heterocycles. The van der Waals surface area contributed by atoms with Gasteiger partial charge in [0.2, 0.25) is 0 Å². The molecule has 0 atom stereocenters. The molecule has 0 saturated heterocycles. The first-order valence-corrected chi connectivity index (χ1v) is 9.69. The lowest BCUT2D eigenvalue weighted by Gasteiger charge is -2.24. The summed E-state index contributed by atoms with van der Waals surface area (Å²) in [5.74, 6) is 0.466. The molecular weight excluding hydrogens is 334 g/mol. The number of fused-ring (bicyclic) bond motifs is 1. The summed E-state index contributed by atoms with van der Waals surface area (Å²) >= 11 is 0. The van der Waals surface area contributed by atoms with Gasteiger partial charge in [0.05, 0.1) is 11.4 Å². The minimum atomic E-state index is -0.199. The molecule has 0 aliphatic carbocycles. The van der Waals surface area contributed by atoms with Crippen LogP contribution < -0.4 is 5.06 Å². The lowest BCUT2D eigenvalue weighted by molar-refractivity contribution is -0.143. The summed E-state index contributed by atoms with van der Waals surface area (Å²) in [6, 6.07) is 23.9. The van der Waals surface area contributed by atoms with E-state index >= 15 is 0 Å². The van der Waals surface area contributed by atoms with Gasteiger partial charge in [0.25, 0.3) is 0 Å². The molecule has 3 nitrogen and oxygen atoms in total. The summed E-state index contributed by atoms with van der Waals surface area (Å²) in [6.45, 7) is 4.41. The molecule has 140 valence electrons. The van der Waals surface area contributed by atoms with Crippen LogP contribution in [0.5, 0.6) is 0 Å². The summed E-state index contributed by atoms with van der Waals surface area (Å²) < 4.78 is 0. The van der Waals surface area contributed by atoms with Crippen molar-refractivity contribution in [3.05, 3.63) is 72.8 Å². The third-order valence-corrected chi connectivity index (χ3v) is 4.58. The minimum absolute atomic E-state index is 0.199. The highest BCUT2D eigenvalue weighted by Gasteiger charge is 2.17. The molecule has 0 aromatic heterocycles. The second kappa shape index (κ2) is 9.22. The summed E-state index contributed by atoms with van der Waals surface area (Å²) in [4.78, 5) is 18.3. The smallest absolute Gasteiger partial charge is 0.332 e. The number of para-hydroxylation sites is 1. The van der Waals surface area contributed by atoms with Crippen molar-refractivity contribution < 1.29 is 9.63 Å². The molecule has 0 N–H and O–H groups in total. The van der Waals surface area contributed by atoms with E-state index in [2.05, 4.69) is 32.0 Å². The molecule has 3 heteroatoms. The quantitative estimate of drug-likeness (QED) is 0.332. The second-order valence-electron chi connectivity index (χ2n) is 7.23. The van der Waals surface area contributed by atoms with Crippen LogP contribution >= 0.6 is 0 Å². The Morgan fingerprint density at radius 2 is 1.59 bits per heavy atom. The molecule has 0 aliphatic rings. The van der Waals surface area contributed by atoms with E-state index in [1.165, 1.54) is 0 Å². The Hall–Kier alpha value is -2.81. The lowest BCUT2D eigenvalue weighted by Crippen LogP contribution is -2.22. The molecule has 3 aromatic carbocycles. The van der Waals surface area contributed by atoms with Crippen molar-refractivity contribution in [1.29, 1.82) is 0 Å². The van der Waals surface area contributed by atoms with Gasteiger partial charge in [-0.2, -0.15) is 5.06 Å². The molecule has 27 heavy (non-hydrogen) atoms. The first-order valence-electron chi connectivity index (χ1n) is 9.69. The van der Waals surface area contributed by atoms with Crippen LogP contribution in [0.25, 0.3) is 10.8 Å². The maximum absolute atomic E-state index is 12.5. The third-order valence-electron chi connectivity index (χ3n) is 4.58. The van der Waals surface area contributed by atoms with Crippen molar-refractivity contribution in [2.45, 2.75) is 39.5 Å². The zero-order valence-corrected chi connectivity index (χ0v) is 16.1. The van der Waals surface area contributed by atoms with Gasteiger partial charge in [-0.15, -0.1) is 0 Å². The topological polar surface area (TPSA) is 29.5 Å². The van der Waals surface area contributed by atoms with Crippen LogP contribution in [0.4, 0.5) is 11.4 Å². The Balaban J connectivity index is 1.83. The lowest BCUT2D eigenvalue weighted by atomic mass is 10.1. The maximum atomic E-state index is 12.5. The highest BCUT2D eigenvalue weighted by atomic mass is 16.7. The van der Waals surface area contributed by atoms with E-state index in [0.29, 0.717) is 12.3 Å². The van der Waals surface area contributed by atoms with Crippen molar-refractivity contribution in [2.75, 3.05) is 5.06 Å². The molecule has 0 fully saturated rings. The van der Waals surface area contributed by atoms with Gasteiger partial charge >= 0.3 is 5.97 Å². The molecule has 0 heterocycles. The zero-order chi connectivity index (χ0) is 19.1. The van der Waals surface area contributed by atoms with E-state index in [4.69, 9.17) is 4.84 Å². The fraction of sp³-hybridized carbons (Fsp3) is 0.292. The number of unbranched alkanes of at least 4 members (excludes halogenated alkanes) is 1. The molecule has 0 bridgehead atoms. The number of anilines is 2. The number of carbonyl (C=O) groups excluding carboxylic acids is 1. The largest absolute Gasteiger partial charge is 0.336 e. The normalized spacial score (nSPS) is 10.9. The Morgan fingerprint density at radius 1 is 0.889 bits per heavy atom. The Kier molecular flexibility index (Phi) is 6.48. The van der Waals surface area contributed by atoms with E-state index in [-0.39, 0.29) is 5.97 Å². The maximum Gasteiger partial charge on any atom is 0.332 e. The fourth-order valence-corrected chi connectivity index (χ4v) is 3.16. The van der Waals surface area contributed by atoms with Gasteiger partial charge in [-0.25, -0.2) is 4.79 Å². The fourth-order valence-electron chi connectivity index (χ4n) is 3.16. The molecular formula is C24H27NO2. The molecule has 0 radical (unpaired) electrons. The summed E-state index contributed by atoms with van der Waals surface area (Å²) in [5, 5.41) is 3.83. The van der Waals surface area contributed by atoms with Gasteiger partial charge in [0, 0.05) is 11.8 Å². The van der Waals surface area contributed by atoms with Crippen LogP contribution in [0.15, 0.2) is 72.8 Å². The van der Waals surface area contributed by atoms with E-state index in [9.17, 15) is 4.79 Å². The molecule has 0 unspecified atom stereocenters. The predicted molar refractivity (Wildman–Crippen MR) is 112 cm³/mol. The van der Waals surface area contributed by atoms with Gasteiger partial charge in [0.15, 0.2) is 0 Å². The SMILES string of the molecule is CC(C)CCCCC(=O)ON(c1ccccc1)c1cccc2ccccc12. The van der Waals surface area contributed by atoms with E-state index in [0.717, 1.165) is 41.4 Å². The van der Waals surface area contributed by atoms with E-state index in [1.54, 1.807) is 5.06 Å². The average molecular weight is 361 g/mol. The Labute approximate surface area is 161 Å². The Morgan fingerprint density at radius 3 is 2.37 bits per heavy atom. The van der Waals surface area contributed by atoms with Crippen LogP contribution in [0.3, 0.4) is 0 Å². The molecule has 0 spiro atoms. The molecule has 0 saturated carbocycles. The minimum Gasteiger partial charge on any atom is -0.336 e. The van der Waals surface area contributed by atoms with E-state index < -0.39 is 0 Å². The van der Waals surface area contributed by atoms with Crippen LogP contribution in [0, 0.1) is 5.92 Å². The van der Waals surface area contributed by atoms with Crippen molar-refractivity contribution in [3.8, 4) is 0 Å². The summed E-state index contributed by atoms with van der Waals surface area (Å²) in [7, 11) is 0. The van der Waals surface area contributed by atoms with Crippen LogP contribution in [0.2, 0.25) is 0 Å². The average Bonchev–Trinajstić information content (AvgIpc) is 2.69. The van der Waals surface area contributed by atoms with Crippen molar-refractivity contribution in [1.82, 2.24) is 0 Å². The van der Waals surface area contributed by atoms with Gasteiger partial charge in [-0.1, -0.05) is 81.3 Å². The first-order chi connectivity index (χ1) is 13.1. The number of hydrogen-bond donors (Lipinski definition) is 0. The number of rotatable bonds is 8. The molecule has 3 rings (SSSR count). The third kappa shape index (κ3) is 5.10. The van der Waals surface area contributed by atoms with Gasteiger partial charge in [0.1, 0.15) is 0 Å². The summed E-state index contributed by atoms with van der Waals surface area (Å²) in [6.07, 6.45) is 3.47. The number of nitrogens with zero attached hydrogens (tertiary/aromatic N) is 1. The highest BCUT2D eigenvalue weighted by Crippen LogP contribution is 2.32.